The molecule has 0 aliphatic carbocycles. The van der Waals surface area contributed by atoms with E-state index >= 15 is 0 Å². The lowest BCUT2D eigenvalue weighted by molar-refractivity contribution is 0.00453. The number of nitrogens with zero attached hydrogens (tertiary/aromatic N) is 2. The number of hydrogen-bond donors (Lipinski definition) is 0. The molecule has 0 saturated carbocycles. The summed E-state index contributed by atoms with van der Waals surface area (Å²) in [7, 11) is 0. The summed E-state index contributed by atoms with van der Waals surface area (Å²) in [6.45, 7) is 1.87. The number of hydrogen-bond acceptors (Lipinski definition) is 0. The Morgan fingerprint density at radius 2 is 2.27 bits per heavy atom. The fourth-order valence-electron chi connectivity index (χ4n) is 0.826. The lowest BCUT2D eigenvalue weighted by Gasteiger charge is -1.96. The summed E-state index contributed by atoms with van der Waals surface area (Å²) >= 11 is 5.81. The molecule has 0 amide bonds. The lowest BCUT2D eigenvalue weighted by atomic mass is 10.1. The Kier molecular flexibility index (Phi) is 2.42. The largest absolute Gasteiger partial charge is 0.361 e. The standard InChI is InChI=1S/C8H7ClN2/c1-6-7(5-11-10)3-2-4-8(6)9/h2-5H,1H3. The first-order chi connectivity index (χ1) is 5.25. The summed E-state index contributed by atoms with van der Waals surface area (Å²) < 4.78 is 0. The van der Waals surface area contributed by atoms with Crippen LogP contribution in [0.2, 0.25) is 5.02 Å². The fourth-order valence-corrected chi connectivity index (χ4v) is 1.01. The van der Waals surface area contributed by atoms with Crippen molar-refractivity contribution in [3.8, 4) is 0 Å². The van der Waals surface area contributed by atoms with Gasteiger partial charge in [-0.05, 0) is 24.6 Å². The molecular formula is C8H7ClN2. The van der Waals surface area contributed by atoms with E-state index in [9.17, 15) is 0 Å². The topological polar surface area (TPSA) is 36.4 Å². The molecule has 0 fully saturated rings. The predicted molar refractivity (Wildman–Crippen MR) is 45.0 cm³/mol. The molecule has 0 atom stereocenters. The quantitative estimate of drug-likeness (QED) is 0.349. The molecule has 0 spiro atoms. The maximum Gasteiger partial charge on any atom is 0.288 e. The zero-order valence-electron chi connectivity index (χ0n) is 6.08. The van der Waals surface area contributed by atoms with Crippen LogP contribution < -0.4 is 0 Å². The summed E-state index contributed by atoms with van der Waals surface area (Å²) in [5.41, 5.74) is 10.0. The number of benzene rings is 1. The average Bonchev–Trinajstić information content (AvgIpc) is 1.99. The number of halogens is 1. The summed E-state index contributed by atoms with van der Waals surface area (Å²) in [6.07, 6.45) is 1.36. The first-order valence-corrected chi connectivity index (χ1v) is 3.56. The van der Waals surface area contributed by atoms with Gasteiger partial charge in [-0.1, -0.05) is 17.7 Å². The van der Waals surface area contributed by atoms with Gasteiger partial charge in [0.05, 0.1) is 5.56 Å². The van der Waals surface area contributed by atoms with Gasteiger partial charge in [-0.25, -0.2) is 0 Å². The molecule has 0 heterocycles. The molecule has 0 saturated heterocycles. The van der Waals surface area contributed by atoms with Gasteiger partial charge >= 0.3 is 0 Å². The van der Waals surface area contributed by atoms with Crippen LogP contribution in [0.5, 0.6) is 0 Å². The minimum atomic E-state index is 0.683. The minimum Gasteiger partial charge on any atom is -0.361 e. The van der Waals surface area contributed by atoms with Crippen LogP contribution in [0.1, 0.15) is 11.1 Å². The van der Waals surface area contributed by atoms with E-state index in [4.69, 9.17) is 17.1 Å². The van der Waals surface area contributed by atoms with E-state index in [2.05, 4.69) is 4.79 Å². The van der Waals surface area contributed by atoms with Crippen LogP contribution in [-0.4, -0.2) is 11.0 Å². The normalized spacial score (nSPS) is 8.91. The van der Waals surface area contributed by atoms with Crippen molar-refractivity contribution >= 4 is 17.8 Å². The first kappa shape index (κ1) is 7.99. The van der Waals surface area contributed by atoms with Crippen molar-refractivity contribution in [2.24, 2.45) is 0 Å². The molecule has 0 unspecified atom stereocenters. The van der Waals surface area contributed by atoms with Crippen molar-refractivity contribution < 1.29 is 4.79 Å². The molecule has 0 aromatic heterocycles. The van der Waals surface area contributed by atoms with E-state index in [1.165, 1.54) is 6.21 Å². The van der Waals surface area contributed by atoms with Gasteiger partial charge in [0.2, 0.25) is 0 Å². The second-order valence-electron chi connectivity index (χ2n) is 2.20. The molecule has 3 heteroatoms. The van der Waals surface area contributed by atoms with Crippen LogP contribution in [0.4, 0.5) is 0 Å². The van der Waals surface area contributed by atoms with Gasteiger partial charge in [0.25, 0.3) is 6.21 Å². The second kappa shape index (κ2) is 3.33. The van der Waals surface area contributed by atoms with E-state index < -0.39 is 0 Å². The Labute approximate surface area is 70.0 Å². The van der Waals surface area contributed by atoms with Crippen molar-refractivity contribution in [3.05, 3.63) is 39.9 Å². The number of rotatable bonds is 1. The highest BCUT2D eigenvalue weighted by molar-refractivity contribution is 6.31. The SMILES string of the molecule is Cc1c(Cl)cccc1C=[N+]=[N-]. The van der Waals surface area contributed by atoms with Crippen LogP contribution in [-0.2, 0) is 0 Å². The van der Waals surface area contributed by atoms with Gasteiger partial charge in [0.15, 0.2) is 0 Å². The maximum atomic E-state index is 8.26. The molecule has 0 aliphatic heterocycles. The molecule has 11 heavy (non-hydrogen) atoms. The third-order valence-corrected chi connectivity index (χ3v) is 1.92. The third kappa shape index (κ3) is 1.67. The second-order valence-corrected chi connectivity index (χ2v) is 2.61. The van der Waals surface area contributed by atoms with E-state index in [0.29, 0.717) is 5.02 Å². The minimum absolute atomic E-state index is 0.683. The third-order valence-electron chi connectivity index (χ3n) is 1.51. The summed E-state index contributed by atoms with van der Waals surface area (Å²) in [5.74, 6) is 0. The highest BCUT2D eigenvalue weighted by atomic mass is 35.5. The molecule has 0 radical (unpaired) electrons. The lowest BCUT2D eigenvalue weighted by Crippen LogP contribution is -1.87. The highest BCUT2D eigenvalue weighted by Crippen LogP contribution is 2.16. The van der Waals surface area contributed by atoms with Gasteiger partial charge in [0, 0.05) is 5.02 Å². The molecule has 0 N–H and O–H groups in total. The molecule has 2 nitrogen and oxygen atoms in total. The summed E-state index contributed by atoms with van der Waals surface area (Å²) in [4.78, 5) is 2.92. The van der Waals surface area contributed by atoms with Gasteiger partial charge in [0.1, 0.15) is 0 Å². The van der Waals surface area contributed by atoms with Crippen molar-refractivity contribution in [1.82, 2.24) is 0 Å². The zero-order valence-corrected chi connectivity index (χ0v) is 6.84. The van der Waals surface area contributed by atoms with Gasteiger partial charge < -0.3 is 5.53 Å². The predicted octanol–water partition coefficient (Wildman–Crippen LogP) is 2.30. The molecule has 1 rings (SSSR count). The molecular weight excluding hydrogens is 160 g/mol. The van der Waals surface area contributed by atoms with E-state index in [1.807, 2.05) is 19.1 Å². The maximum absolute atomic E-state index is 8.26. The molecule has 1 aromatic carbocycles. The molecule has 0 bridgehead atoms. The van der Waals surface area contributed by atoms with Crippen molar-refractivity contribution in [2.75, 3.05) is 0 Å². The monoisotopic (exact) mass is 166 g/mol. The zero-order chi connectivity index (χ0) is 8.27. The molecule has 56 valence electrons. The van der Waals surface area contributed by atoms with Crippen LogP contribution in [0.25, 0.3) is 5.53 Å². The highest BCUT2D eigenvalue weighted by Gasteiger charge is 2.00. The van der Waals surface area contributed by atoms with Crippen molar-refractivity contribution in [2.45, 2.75) is 6.92 Å². The molecule has 1 aromatic rings. The first-order valence-electron chi connectivity index (χ1n) is 3.18. The van der Waals surface area contributed by atoms with Crippen LogP contribution >= 0.6 is 11.6 Å². The van der Waals surface area contributed by atoms with Crippen molar-refractivity contribution in [3.63, 3.8) is 0 Å². The molecule has 0 aliphatic rings. The van der Waals surface area contributed by atoms with E-state index in [0.717, 1.165) is 11.1 Å². The Morgan fingerprint density at radius 3 is 2.91 bits per heavy atom. The average molecular weight is 167 g/mol. The Balaban J connectivity index is 3.26. The summed E-state index contributed by atoms with van der Waals surface area (Å²) in [5, 5.41) is 0.683. The Morgan fingerprint density at radius 1 is 1.55 bits per heavy atom. The summed E-state index contributed by atoms with van der Waals surface area (Å²) in [6, 6.07) is 5.44. The fraction of sp³-hybridized carbons (Fsp3) is 0.125. The van der Waals surface area contributed by atoms with Crippen LogP contribution in [0.15, 0.2) is 18.2 Å². The Bertz CT molecular complexity index is 314. The van der Waals surface area contributed by atoms with Crippen molar-refractivity contribution in [1.29, 1.82) is 0 Å². The van der Waals surface area contributed by atoms with Crippen LogP contribution in [0.3, 0.4) is 0 Å². The van der Waals surface area contributed by atoms with E-state index in [-0.39, 0.29) is 0 Å². The van der Waals surface area contributed by atoms with Crippen LogP contribution in [0, 0.1) is 6.92 Å². The van der Waals surface area contributed by atoms with Gasteiger partial charge in [-0.15, -0.1) is 0 Å². The Hall–Kier alpha value is -1.11. The van der Waals surface area contributed by atoms with Gasteiger partial charge in [-0.2, -0.15) is 4.79 Å². The van der Waals surface area contributed by atoms with E-state index in [1.54, 1.807) is 6.07 Å². The smallest absolute Gasteiger partial charge is 0.288 e. The van der Waals surface area contributed by atoms with Gasteiger partial charge in [-0.3, -0.25) is 0 Å².